The van der Waals surface area contributed by atoms with Crippen molar-refractivity contribution in [2.45, 2.75) is 26.7 Å². The number of rotatable bonds is 1. The summed E-state index contributed by atoms with van der Waals surface area (Å²) in [6, 6.07) is 6.26. The van der Waals surface area contributed by atoms with Crippen molar-refractivity contribution in [2.75, 3.05) is 5.73 Å². The van der Waals surface area contributed by atoms with Gasteiger partial charge in [-0.15, -0.1) is 0 Å². The van der Waals surface area contributed by atoms with Gasteiger partial charge in [-0.25, -0.2) is 0 Å². The fraction of sp³-hybridized carbons (Fsp3) is 0.385. The summed E-state index contributed by atoms with van der Waals surface area (Å²) in [5, 5.41) is 0. The average Bonchev–Trinajstić information content (AvgIpc) is 2.47. The highest BCUT2D eigenvalue weighted by molar-refractivity contribution is 5.74. The fourth-order valence-electron chi connectivity index (χ4n) is 2.11. The van der Waals surface area contributed by atoms with Gasteiger partial charge in [-0.1, -0.05) is 26.0 Å². The lowest BCUT2D eigenvalue weighted by Gasteiger charge is -2.03. The van der Waals surface area contributed by atoms with E-state index in [1.165, 1.54) is 23.1 Å². The Balaban J connectivity index is 2.40. The molecule has 0 fully saturated rings. The number of fused-ring (bicyclic) bond motifs is 1. The molecule has 1 aromatic carbocycles. The number of hydrogen-bond acceptors (Lipinski definition) is 1. The van der Waals surface area contributed by atoms with Crippen LogP contribution in [0.2, 0.25) is 0 Å². The van der Waals surface area contributed by atoms with Crippen LogP contribution in [-0.4, -0.2) is 0 Å². The first-order valence-corrected chi connectivity index (χ1v) is 5.26. The first-order chi connectivity index (χ1) is 6.66. The number of allylic oxidation sites excluding steroid dienone is 2. The Labute approximate surface area is 85.6 Å². The maximum absolute atomic E-state index is 5.76. The van der Waals surface area contributed by atoms with Crippen LogP contribution in [0.3, 0.4) is 0 Å². The lowest BCUT2D eigenvalue weighted by atomic mass is 10.0. The molecule has 1 aliphatic carbocycles. The van der Waals surface area contributed by atoms with Crippen molar-refractivity contribution in [3.8, 4) is 0 Å². The molecule has 0 saturated carbocycles. The standard InChI is InChI=1S/C13H17N/c1-9(2)7-10-3-4-11-8-12(14)5-6-13(10)11/h5-9H,3-4,14H2,1-2H3/b10-7-. The van der Waals surface area contributed by atoms with Crippen LogP contribution in [0.25, 0.3) is 5.57 Å². The van der Waals surface area contributed by atoms with Crippen LogP contribution in [0.5, 0.6) is 0 Å². The van der Waals surface area contributed by atoms with Crippen LogP contribution < -0.4 is 5.73 Å². The molecule has 1 heteroatoms. The van der Waals surface area contributed by atoms with Crippen LogP contribution in [0.4, 0.5) is 5.69 Å². The van der Waals surface area contributed by atoms with Crippen LogP contribution in [0, 0.1) is 5.92 Å². The second-order valence-electron chi connectivity index (χ2n) is 4.35. The first kappa shape index (κ1) is 9.32. The van der Waals surface area contributed by atoms with Gasteiger partial charge in [0.1, 0.15) is 0 Å². The molecule has 74 valence electrons. The third-order valence-corrected chi connectivity index (χ3v) is 2.67. The average molecular weight is 187 g/mol. The highest BCUT2D eigenvalue weighted by Crippen LogP contribution is 2.33. The van der Waals surface area contributed by atoms with Crippen LogP contribution in [0.15, 0.2) is 24.3 Å². The predicted molar refractivity (Wildman–Crippen MR) is 62.0 cm³/mol. The Bertz CT molecular complexity index is 375. The molecule has 0 radical (unpaired) electrons. The number of benzene rings is 1. The summed E-state index contributed by atoms with van der Waals surface area (Å²) >= 11 is 0. The maximum Gasteiger partial charge on any atom is 0.0317 e. The molecule has 0 atom stereocenters. The van der Waals surface area contributed by atoms with Crippen molar-refractivity contribution >= 4 is 11.3 Å². The highest BCUT2D eigenvalue weighted by atomic mass is 14.5. The van der Waals surface area contributed by atoms with Crippen molar-refractivity contribution in [2.24, 2.45) is 5.92 Å². The number of aryl methyl sites for hydroxylation is 1. The summed E-state index contributed by atoms with van der Waals surface area (Å²) in [6.45, 7) is 4.45. The SMILES string of the molecule is CC(C)/C=C1/CCc2cc(N)ccc21. The quantitative estimate of drug-likeness (QED) is 0.671. The molecule has 0 unspecified atom stereocenters. The van der Waals surface area contributed by atoms with Gasteiger partial charge in [0.2, 0.25) is 0 Å². The lowest BCUT2D eigenvalue weighted by molar-refractivity contribution is 0.830. The van der Waals surface area contributed by atoms with E-state index in [-0.39, 0.29) is 0 Å². The number of nitrogen functional groups attached to an aromatic ring is 1. The molecular weight excluding hydrogens is 170 g/mol. The van der Waals surface area contributed by atoms with Crippen molar-refractivity contribution < 1.29 is 0 Å². The van der Waals surface area contributed by atoms with Crippen molar-refractivity contribution in [3.05, 3.63) is 35.4 Å². The second kappa shape index (κ2) is 3.49. The van der Waals surface area contributed by atoms with Crippen molar-refractivity contribution in [1.29, 1.82) is 0 Å². The van der Waals surface area contributed by atoms with E-state index in [9.17, 15) is 0 Å². The molecule has 0 aromatic heterocycles. The number of hydrogen-bond donors (Lipinski definition) is 1. The molecule has 0 bridgehead atoms. The number of anilines is 1. The molecule has 1 nitrogen and oxygen atoms in total. The Hall–Kier alpha value is -1.24. The van der Waals surface area contributed by atoms with Gasteiger partial charge in [0.15, 0.2) is 0 Å². The van der Waals surface area contributed by atoms with Gasteiger partial charge in [-0.2, -0.15) is 0 Å². The third kappa shape index (κ3) is 1.67. The third-order valence-electron chi connectivity index (χ3n) is 2.67. The molecule has 14 heavy (non-hydrogen) atoms. The van der Waals surface area contributed by atoms with E-state index in [4.69, 9.17) is 5.73 Å². The minimum absolute atomic E-state index is 0.633. The Morgan fingerprint density at radius 2 is 2.07 bits per heavy atom. The molecule has 0 heterocycles. The zero-order valence-electron chi connectivity index (χ0n) is 8.88. The molecule has 0 spiro atoms. The van der Waals surface area contributed by atoms with Crippen LogP contribution in [0.1, 0.15) is 31.4 Å². The zero-order chi connectivity index (χ0) is 10.1. The lowest BCUT2D eigenvalue weighted by Crippen LogP contribution is -1.88. The van der Waals surface area contributed by atoms with Crippen molar-refractivity contribution in [1.82, 2.24) is 0 Å². The van der Waals surface area contributed by atoms with E-state index in [0.29, 0.717) is 5.92 Å². The van der Waals surface area contributed by atoms with E-state index in [2.05, 4.69) is 32.1 Å². The van der Waals surface area contributed by atoms with E-state index in [1.54, 1.807) is 0 Å². The smallest absolute Gasteiger partial charge is 0.0317 e. The molecule has 0 aliphatic heterocycles. The molecule has 1 aliphatic rings. The van der Waals surface area contributed by atoms with Gasteiger partial charge >= 0.3 is 0 Å². The van der Waals surface area contributed by atoms with Gasteiger partial charge in [0.25, 0.3) is 0 Å². The van der Waals surface area contributed by atoms with Gasteiger partial charge in [0.05, 0.1) is 0 Å². The summed E-state index contributed by atoms with van der Waals surface area (Å²) in [6.07, 6.45) is 4.69. The molecule has 0 saturated heterocycles. The monoisotopic (exact) mass is 187 g/mol. The summed E-state index contributed by atoms with van der Waals surface area (Å²) in [5.41, 5.74) is 11.0. The van der Waals surface area contributed by atoms with E-state index in [1.807, 2.05) is 6.07 Å². The van der Waals surface area contributed by atoms with Crippen LogP contribution in [-0.2, 0) is 6.42 Å². The topological polar surface area (TPSA) is 26.0 Å². The Kier molecular flexibility index (Phi) is 2.32. The van der Waals surface area contributed by atoms with E-state index in [0.717, 1.165) is 12.1 Å². The Morgan fingerprint density at radius 3 is 2.79 bits per heavy atom. The largest absolute Gasteiger partial charge is 0.399 e. The molecular formula is C13H17N. The second-order valence-corrected chi connectivity index (χ2v) is 4.35. The van der Waals surface area contributed by atoms with Gasteiger partial charge in [0, 0.05) is 5.69 Å². The zero-order valence-corrected chi connectivity index (χ0v) is 8.88. The molecule has 0 amide bonds. The van der Waals surface area contributed by atoms with E-state index >= 15 is 0 Å². The first-order valence-electron chi connectivity index (χ1n) is 5.26. The minimum atomic E-state index is 0.633. The van der Waals surface area contributed by atoms with Gasteiger partial charge in [-0.05, 0) is 47.6 Å². The van der Waals surface area contributed by atoms with Gasteiger partial charge in [-0.3, -0.25) is 0 Å². The van der Waals surface area contributed by atoms with E-state index < -0.39 is 0 Å². The molecule has 2 N–H and O–H groups in total. The molecule has 2 rings (SSSR count). The van der Waals surface area contributed by atoms with Crippen LogP contribution >= 0.6 is 0 Å². The highest BCUT2D eigenvalue weighted by Gasteiger charge is 2.15. The summed E-state index contributed by atoms with van der Waals surface area (Å²) < 4.78 is 0. The van der Waals surface area contributed by atoms with Crippen molar-refractivity contribution in [3.63, 3.8) is 0 Å². The summed E-state index contributed by atoms with van der Waals surface area (Å²) in [4.78, 5) is 0. The van der Waals surface area contributed by atoms with Gasteiger partial charge < -0.3 is 5.73 Å². The summed E-state index contributed by atoms with van der Waals surface area (Å²) in [5.74, 6) is 0.633. The summed E-state index contributed by atoms with van der Waals surface area (Å²) in [7, 11) is 0. The predicted octanol–water partition coefficient (Wildman–Crippen LogP) is 3.25. The normalized spacial score (nSPS) is 17.8. The number of nitrogens with two attached hydrogens (primary N) is 1. The minimum Gasteiger partial charge on any atom is -0.399 e. The fourth-order valence-corrected chi connectivity index (χ4v) is 2.11. The maximum atomic E-state index is 5.76. The Morgan fingerprint density at radius 1 is 1.29 bits per heavy atom. The molecule has 1 aromatic rings.